The van der Waals surface area contributed by atoms with Crippen LogP contribution in [0, 0.1) is 0 Å². The van der Waals surface area contributed by atoms with Crippen molar-refractivity contribution in [2.24, 2.45) is 0 Å². The summed E-state index contributed by atoms with van der Waals surface area (Å²) in [4.78, 5) is 22.6. The molecule has 1 aliphatic heterocycles. The predicted octanol–water partition coefficient (Wildman–Crippen LogP) is 2.84. The zero-order chi connectivity index (χ0) is 15.5. The second kappa shape index (κ2) is 6.13. The third-order valence-corrected chi connectivity index (χ3v) is 4.02. The minimum absolute atomic E-state index is 0.0671. The Labute approximate surface area is 130 Å². The van der Waals surface area contributed by atoms with Crippen molar-refractivity contribution in [1.29, 1.82) is 0 Å². The van der Waals surface area contributed by atoms with E-state index in [2.05, 4.69) is 9.97 Å². The quantitative estimate of drug-likeness (QED) is 0.874. The Kier molecular flexibility index (Phi) is 4.04. The van der Waals surface area contributed by atoms with Crippen molar-refractivity contribution in [2.75, 3.05) is 13.7 Å². The highest BCUT2D eigenvalue weighted by atomic mass is 16.5. The summed E-state index contributed by atoms with van der Waals surface area (Å²) in [6, 6.07) is 9.63. The van der Waals surface area contributed by atoms with E-state index in [9.17, 15) is 4.79 Å². The van der Waals surface area contributed by atoms with E-state index in [1.165, 1.54) is 0 Å². The lowest BCUT2D eigenvalue weighted by atomic mass is 10.1. The van der Waals surface area contributed by atoms with E-state index in [1.807, 2.05) is 35.2 Å². The van der Waals surface area contributed by atoms with Crippen LogP contribution in [0.5, 0.6) is 5.75 Å². The van der Waals surface area contributed by atoms with Gasteiger partial charge in [0.05, 0.1) is 18.8 Å². The monoisotopic (exact) mass is 297 g/mol. The summed E-state index contributed by atoms with van der Waals surface area (Å²) in [6.45, 7) is 2.42. The number of amides is 1. The lowest BCUT2D eigenvalue weighted by Gasteiger charge is -2.22. The van der Waals surface area contributed by atoms with Gasteiger partial charge >= 0.3 is 0 Å². The zero-order valence-electron chi connectivity index (χ0n) is 12.8. The molecular formula is C17H19N3O2. The van der Waals surface area contributed by atoms with Crippen LogP contribution in [-0.4, -0.2) is 34.4 Å². The molecule has 0 bridgehead atoms. The lowest BCUT2D eigenvalue weighted by Crippen LogP contribution is -2.28. The van der Waals surface area contributed by atoms with Crippen LogP contribution in [0.1, 0.15) is 31.5 Å². The normalized spacial score (nSPS) is 17.5. The molecule has 5 heteroatoms. The number of rotatable bonds is 3. The first-order valence-corrected chi connectivity index (χ1v) is 7.43. The fraction of sp³-hybridized carbons (Fsp3) is 0.353. The van der Waals surface area contributed by atoms with Gasteiger partial charge in [-0.05, 0) is 43.2 Å². The Balaban J connectivity index is 1.90. The van der Waals surface area contributed by atoms with Crippen LogP contribution in [0.3, 0.4) is 0 Å². The summed E-state index contributed by atoms with van der Waals surface area (Å²) in [5, 5.41) is 0. The van der Waals surface area contributed by atoms with Gasteiger partial charge in [-0.2, -0.15) is 0 Å². The van der Waals surface area contributed by atoms with Gasteiger partial charge in [0.2, 0.25) is 5.91 Å². The molecule has 1 aromatic carbocycles. The van der Waals surface area contributed by atoms with Crippen LogP contribution in [0.2, 0.25) is 0 Å². The van der Waals surface area contributed by atoms with Gasteiger partial charge in [-0.3, -0.25) is 4.79 Å². The van der Waals surface area contributed by atoms with Gasteiger partial charge in [-0.1, -0.05) is 0 Å². The van der Waals surface area contributed by atoms with Gasteiger partial charge in [-0.15, -0.1) is 0 Å². The van der Waals surface area contributed by atoms with Crippen molar-refractivity contribution in [1.82, 2.24) is 14.9 Å². The molecule has 0 radical (unpaired) electrons. The molecule has 1 unspecified atom stereocenters. The van der Waals surface area contributed by atoms with E-state index in [0.29, 0.717) is 5.82 Å². The first-order valence-electron chi connectivity index (χ1n) is 7.43. The van der Waals surface area contributed by atoms with Gasteiger partial charge in [0.15, 0.2) is 5.82 Å². The van der Waals surface area contributed by atoms with E-state index in [-0.39, 0.29) is 11.9 Å². The van der Waals surface area contributed by atoms with Crippen molar-refractivity contribution in [2.45, 2.75) is 25.8 Å². The first kappa shape index (κ1) is 14.5. The Morgan fingerprint density at radius 2 is 2.05 bits per heavy atom. The molecule has 1 saturated heterocycles. The molecule has 1 aliphatic rings. The topological polar surface area (TPSA) is 55.3 Å². The number of likely N-dealkylation sites (tertiary alicyclic amines) is 1. The minimum atomic E-state index is 0.0671. The van der Waals surface area contributed by atoms with Crippen LogP contribution in [-0.2, 0) is 4.79 Å². The largest absolute Gasteiger partial charge is 0.497 e. The maximum Gasteiger partial charge on any atom is 0.220 e. The van der Waals surface area contributed by atoms with Crippen LogP contribution in [0.4, 0.5) is 0 Å². The number of carbonyl (C=O) groups excluding carboxylic acids is 1. The highest BCUT2D eigenvalue weighted by Gasteiger charge is 2.29. The smallest absolute Gasteiger partial charge is 0.220 e. The molecule has 0 saturated carbocycles. The third-order valence-electron chi connectivity index (χ3n) is 4.02. The van der Waals surface area contributed by atoms with Gasteiger partial charge in [0.25, 0.3) is 0 Å². The molecule has 0 N–H and O–H groups in total. The van der Waals surface area contributed by atoms with Gasteiger partial charge in [-0.25, -0.2) is 9.97 Å². The standard InChI is InChI=1S/C17H19N3O2/c1-12(21)20-11-3-4-16(20)15-9-10-18-17(19-15)13-5-7-14(22-2)8-6-13/h5-10,16H,3-4,11H2,1-2H3. The average molecular weight is 297 g/mol. The van der Waals surface area contributed by atoms with Crippen LogP contribution < -0.4 is 4.74 Å². The molecule has 5 nitrogen and oxygen atoms in total. The fourth-order valence-corrected chi connectivity index (χ4v) is 2.89. The highest BCUT2D eigenvalue weighted by Crippen LogP contribution is 2.31. The SMILES string of the molecule is COc1ccc(-c2nccc(C3CCCN3C(C)=O)n2)cc1. The number of carbonyl (C=O) groups is 1. The number of methoxy groups -OCH3 is 1. The van der Waals surface area contributed by atoms with Crippen LogP contribution >= 0.6 is 0 Å². The Hall–Kier alpha value is -2.43. The first-order chi connectivity index (χ1) is 10.7. The Morgan fingerprint density at radius 3 is 2.73 bits per heavy atom. The minimum Gasteiger partial charge on any atom is -0.497 e. The second-order valence-electron chi connectivity index (χ2n) is 5.40. The molecular weight excluding hydrogens is 278 g/mol. The summed E-state index contributed by atoms with van der Waals surface area (Å²) in [5.41, 5.74) is 1.85. The molecule has 1 amide bonds. The number of ether oxygens (including phenoxy) is 1. The Morgan fingerprint density at radius 1 is 1.27 bits per heavy atom. The van der Waals surface area contributed by atoms with Gasteiger partial charge < -0.3 is 9.64 Å². The summed E-state index contributed by atoms with van der Waals surface area (Å²) in [5.74, 6) is 1.58. The molecule has 1 fully saturated rings. The molecule has 0 aliphatic carbocycles. The third kappa shape index (κ3) is 2.79. The van der Waals surface area contributed by atoms with E-state index in [0.717, 1.165) is 36.4 Å². The zero-order valence-corrected chi connectivity index (χ0v) is 12.8. The Bertz CT molecular complexity index is 670. The van der Waals surface area contributed by atoms with Crippen LogP contribution in [0.15, 0.2) is 36.5 Å². The van der Waals surface area contributed by atoms with E-state index in [4.69, 9.17) is 4.74 Å². The number of benzene rings is 1. The molecule has 1 atom stereocenters. The molecule has 2 aromatic rings. The highest BCUT2D eigenvalue weighted by molar-refractivity contribution is 5.74. The van der Waals surface area contributed by atoms with Gasteiger partial charge in [0, 0.05) is 25.2 Å². The number of aromatic nitrogens is 2. The van der Waals surface area contributed by atoms with Crippen molar-refractivity contribution in [3.63, 3.8) is 0 Å². The second-order valence-corrected chi connectivity index (χ2v) is 5.40. The average Bonchev–Trinajstić information content (AvgIpc) is 3.05. The molecule has 22 heavy (non-hydrogen) atoms. The number of nitrogens with zero attached hydrogens (tertiary/aromatic N) is 3. The predicted molar refractivity (Wildman–Crippen MR) is 83.4 cm³/mol. The number of hydrogen-bond donors (Lipinski definition) is 0. The maximum absolute atomic E-state index is 11.7. The van der Waals surface area contributed by atoms with E-state index >= 15 is 0 Å². The summed E-state index contributed by atoms with van der Waals surface area (Å²) in [7, 11) is 1.64. The lowest BCUT2D eigenvalue weighted by molar-refractivity contribution is -0.129. The molecule has 1 aromatic heterocycles. The molecule has 3 rings (SSSR count). The molecule has 2 heterocycles. The maximum atomic E-state index is 11.7. The molecule has 0 spiro atoms. The van der Waals surface area contributed by atoms with Crippen molar-refractivity contribution in [3.8, 4) is 17.1 Å². The van der Waals surface area contributed by atoms with E-state index in [1.54, 1.807) is 20.2 Å². The fourth-order valence-electron chi connectivity index (χ4n) is 2.89. The van der Waals surface area contributed by atoms with Crippen molar-refractivity contribution >= 4 is 5.91 Å². The van der Waals surface area contributed by atoms with E-state index < -0.39 is 0 Å². The van der Waals surface area contributed by atoms with Crippen molar-refractivity contribution < 1.29 is 9.53 Å². The number of hydrogen-bond acceptors (Lipinski definition) is 4. The molecule has 114 valence electrons. The van der Waals surface area contributed by atoms with Crippen LogP contribution in [0.25, 0.3) is 11.4 Å². The summed E-state index contributed by atoms with van der Waals surface area (Å²) in [6.07, 6.45) is 3.74. The van der Waals surface area contributed by atoms with Gasteiger partial charge in [0.1, 0.15) is 5.75 Å². The van der Waals surface area contributed by atoms with Crippen molar-refractivity contribution in [3.05, 3.63) is 42.2 Å². The summed E-state index contributed by atoms with van der Waals surface area (Å²) >= 11 is 0. The summed E-state index contributed by atoms with van der Waals surface area (Å²) < 4.78 is 5.17.